The van der Waals surface area contributed by atoms with E-state index < -0.39 is 0 Å². The van der Waals surface area contributed by atoms with Gasteiger partial charge in [0.25, 0.3) is 0 Å². The van der Waals surface area contributed by atoms with Gasteiger partial charge in [-0.2, -0.15) is 5.26 Å². The van der Waals surface area contributed by atoms with E-state index in [1.807, 2.05) is 12.1 Å². The summed E-state index contributed by atoms with van der Waals surface area (Å²) < 4.78 is 13.8. The Balaban J connectivity index is 2.54. The summed E-state index contributed by atoms with van der Waals surface area (Å²) in [7, 11) is 0. The van der Waals surface area contributed by atoms with Gasteiger partial charge in [-0.1, -0.05) is 18.2 Å². The molecule has 0 radical (unpaired) electrons. The van der Waals surface area contributed by atoms with Gasteiger partial charge in [0.05, 0.1) is 5.56 Å². The average molecular weight is 276 g/mol. The normalized spacial score (nSPS) is 9.81. The van der Waals surface area contributed by atoms with Gasteiger partial charge in [0.2, 0.25) is 0 Å². The summed E-state index contributed by atoms with van der Waals surface area (Å²) in [5.74, 6) is -0.279. The van der Waals surface area contributed by atoms with E-state index in [1.54, 1.807) is 18.2 Å². The molecule has 0 spiro atoms. The predicted molar refractivity (Wildman–Crippen MR) is 64.3 cm³/mol. The van der Waals surface area contributed by atoms with Gasteiger partial charge < -0.3 is 0 Å². The smallest absolute Gasteiger partial charge is 0.123 e. The van der Waals surface area contributed by atoms with E-state index in [4.69, 9.17) is 5.26 Å². The molecule has 0 heterocycles. The Hall–Kier alpha value is -1.66. The lowest BCUT2D eigenvalue weighted by Gasteiger charge is -2.03. The minimum absolute atomic E-state index is 0.279. The van der Waals surface area contributed by atoms with Crippen LogP contribution < -0.4 is 0 Å². The molecule has 2 rings (SSSR count). The average Bonchev–Trinajstić information content (AvgIpc) is 2.29. The molecule has 0 fully saturated rings. The highest BCUT2D eigenvalue weighted by molar-refractivity contribution is 9.10. The maximum absolute atomic E-state index is 13.0. The summed E-state index contributed by atoms with van der Waals surface area (Å²) >= 11 is 3.28. The van der Waals surface area contributed by atoms with Crippen molar-refractivity contribution in [2.45, 2.75) is 0 Å². The number of rotatable bonds is 1. The molecule has 16 heavy (non-hydrogen) atoms. The fourth-order valence-electron chi connectivity index (χ4n) is 1.46. The Morgan fingerprint density at radius 3 is 2.50 bits per heavy atom. The lowest BCUT2D eigenvalue weighted by Crippen LogP contribution is -1.83. The molecule has 2 aromatic rings. The molecule has 2 aromatic carbocycles. The Morgan fingerprint density at radius 2 is 1.81 bits per heavy atom. The van der Waals surface area contributed by atoms with Gasteiger partial charge in [0.1, 0.15) is 11.9 Å². The molecule has 3 heteroatoms. The summed E-state index contributed by atoms with van der Waals surface area (Å²) in [6.45, 7) is 0. The number of hydrogen-bond acceptors (Lipinski definition) is 1. The quantitative estimate of drug-likeness (QED) is 0.768. The molecule has 0 aliphatic carbocycles. The van der Waals surface area contributed by atoms with E-state index in [9.17, 15) is 4.39 Å². The maximum Gasteiger partial charge on any atom is 0.123 e. The largest absolute Gasteiger partial charge is 0.207 e. The second-order valence-corrected chi connectivity index (χ2v) is 4.17. The van der Waals surface area contributed by atoms with Crippen LogP contribution in [0.4, 0.5) is 4.39 Å². The number of nitrogens with zero attached hydrogens (tertiary/aromatic N) is 1. The van der Waals surface area contributed by atoms with Gasteiger partial charge in [0.15, 0.2) is 0 Å². The van der Waals surface area contributed by atoms with Gasteiger partial charge in [-0.15, -0.1) is 0 Å². The fourth-order valence-corrected chi connectivity index (χ4v) is 1.79. The maximum atomic E-state index is 13.0. The summed E-state index contributed by atoms with van der Waals surface area (Å²) in [4.78, 5) is 0. The van der Waals surface area contributed by atoms with Crippen molar-refractivity contribution in [1.82, 2.24) is 0 Å². The molecule has 0 unspecified atom stereocenters. The van der Waals surface area contributed by atoms with Crippen molar-refractivity contribution >= 4 is 15.9 Å². The number of benzene rings is 2. The van der Waals surface area contributed by atoms with Crippen molar-refractivity contribution in [1.29, 1.82) is 5.26 Å². The van der Waals surface area contributed by atoms with Gasteiger partial charge in [-0.25, -0.2) is 4.39 Å². The van der Waals surface area contributed by atoms with E-state index >= 15 is 0 Å². The molecular weight excluding hydrogens is 269 g/mol. The lowest BCUT2D eigenvalue weighted by molar-refractivity contribution is 0.628. The van der Waals surface area contributed by atoms with Gasteiger partial charge >= 0.3 is 0 Å². The van der Waals surface area contributed by atoms with Crippen LogP contribution in [0.1, 0.15) is 5.56 Å². The highest BCUT2D eigenvalue weighted by Crippen LogP contribution is 2.25. The van der Waals surface area contributed by atoms with Crippen LogP contribution in [0.25, 0.3) is 11.1 Å². The molecule has 0 bridgehead atoms. The van der Waals surface area contributed by atoms with E-state index in [-0.39, 0.29) is 5.82 Å². The number of nitriles is 1. The van der Waals surface area contributed by atoms with Crippen molar-refractivity contribution < 1.29 is 4.39 Å². The molecule has 0 N–H and O–H groups in total. The third-order valence-corrected chi connectivity index (χ3v) is 2.94. The topological polar surface area (TPSA) is 23.8 Å². The summed E-state index contributed by atoms with van der Waals surface area (Å²) in [5, 5.41) is 8.89. The Bertz CT molecular complexity index is 572. The van der Waals surface area contributed by atoms with Crippen LogP contribution in [-0.2, 0) is 0 Å². The van der Waals surface area contributed by atoms with Crippen LogP contribution in [0.3, 0.4) is 0 Å². The molecule has 0 aromatic heterocycles. The van der Waals surface area contributed by atoms with Crippen molar-refractivity contribution in [3.05, 3.63) is 58.3 Å². The van der Waals surface area contributed by atoms with Crippen molar-refractivity contribution in [3.63, 3.8) is 0 Å². The molecule has 0 saturated heterocycles. The van der Waals surface area contributed by atoms with Crippen LogP contribution in [0.15, 0.2) is 46.9 Å². The first-order valence-electron chi connectivity index (χ1n) is 4.66. The summed E-state index contributed by atoms with van der Waals surface area (Å²) in [6, 6.07) is 13.8. The van der Waals surface area contributed by atoms with Crippen LogP contribution in [-0.4, -0.2) is 0 Å². The zero-order chi connectivity index (χ0) is 11.5. The molecule has 1 nitrogen and oxygen atoms in total. The van der Waals surface area contributed by atoms with Crippen LogP contribution >= 0.6 is 15.9 Å². The van der Waals surface area contributed by atoms with Crippen molar-refractivity contribution in [2.75, 3.05) is 0 Å². The van der Waals surface area contributed by atoms with Gasteiger partial charge in [-0.05, 0) is 51.3 Å². The van der Waals surface area contributed by atoms with E-state index in [1.165, 1.54) is 12.1 Å². The van der Waals surface area contributed by atoms with Crippen molar-refractivity contribution in [2.24, 2.45) is 0 Å². The SMILES string of the molecule is N#Cc1cc(-c2cccc(F)c2)ccc1Br. The lowest BCUT2D eigenvalue weighted by atomic mass is 10.0. The minimum Gasteiger partial charge on any atom is -0.207 e. The highest BCUT2D eigenvalue weighted by Gasteiger charge is 2.03. The third kappa shape index (κ3) is 2.12. The second-order valence-electron chi connectivity index (χ2n) is 3.32. The first-order chi connectivity index (χ1) is 7.70. The zero-order valence-electron chi connectivity index (χ0n) is 8.24. The number of halogens is 2. The van der Waals surface area contributed by atoms with Gasteiger partial charge in [0, 0.05) is 4.47 Å². The molecule has 0 atom stereocenters. The van der Waals surface area contributed by atoms with Crippen LogP contribution in [0.5, 0.6) is 0 Å². The van der Waals surface area contributed by atoms with E-state index in [0.29, 0.717) is 5.56 Å². The zero-order valence-corrected chi connectivity index (χ0v) is 9.83. The predicted octanol–water partition coefficient (Wildman–Crippen LogP) is 4.13. The molecule has 0 saturated carbocycles. The second kappa shape index (κ2) is 4.46. The first kappa shape index (κ1) is 10.8. The summed E-state index contributed by atoms with van der Waals surface area (Å²) in [5.41, 5.74) is 2.14. The number of hydrogen-bond donors (Lipinski definition) is 0. The van der Waals surface area contributed by atoms with Gasteiger partial charge in [-0.3, -0.25) is 0 Å². The third-order valence-electron chi connectivity index (χ3n) is 2.24. The Morgan fingerprint density at radius 1 is 1.06 bits per heavy atom. The minimum atomic E-state index is -0.279. The van der Waals surface area contributed by atoms with E-state index in [0.717, 1.165) is 15.6 Å². The standard InChI is InChI=1S/C13H7BrFN/c14-13-5-4-10(6-11(13)8-16)9-2-1-3-12(15)7-9/h1-7H. The Kier molecular flexibility index (Phi) is 3.02. The van der Waals surface area contributed by atoms with Crippen molar-refractivity contribution in [3.8, 4) is 17.2 Å². The first-order valence-corrected chi connectivity index (χ1v) is 5.45. The molecule has 0 aliphatic rings. The monoisotopic (exact) mass is 275 g/mol. The summed E-state index contributed by atoms with van der Waals surface area (Å²) in [6.07, 6.45) is 0. The Labute approximate surface area is 101 Å². The highest BCUT2D eigenvalue weighted by atomic mass is 79.9. The molecule has 0 amide bonds. The molecule has 0 aliphatic heterocycles. The fraction of sp³-hybridized carbons (Fsp3) is 0. The van der Waals surface area contributed by atoms with E-state index in [2.05, 4.69) is 22.0 Å². The molecule has 78 valence electrons. The van der Waals surface area contributed by atoms with Crippen LogP contribution in [0.2, 0.25) is 0 Å². The van der Waals surface area contributed by atoms with Crippen LogP contribution in [0, 0.1) is 17.1 Å². The molecular formula is C13H7BrFN.